The monoisotopic (exact) mass is 497 g/mol. The molecular formula is C25H24FN3O5S. The van der Waals surface area contributed by atoms with Crippen molar-refractivity contribution in [1.82, 2.24) is 15.1 Å². The Hall–Kier alpha value is -3.76. The van der Waals surface area contributed by atoms with Crippen molar-refractivity contribution in [3.05, 3.63) is 101 Å². The van der Waals surface area contributed by atoms with Crippen LogP contribution in [0.4, 0.5) is 9.18 Å². The van der Waals surface area contributed by atoms with Crippen molar-refractivity contribution >= 4 is 22.0 Å². The van der Waals surface area contributed by atoms with Crippen LogP contribution in [0.15, 0.2) is 77.7 Å². The van der Waals surface area contributed by atoms with Crippen molar-refractivity contribution in [2.24, 2.45) is 0 Å². The summed E-state index contributed by atoms with van der Waals surface area (Å²) in [5, 5.41) is 9.06. The maximum Gasteiger partial charge on any atom is 0.331 e. The van der Waals surface area contributed by atoms with E-state index in [-0.39, 0.29) is 17.4 Å². The molecule has 3 amide bonds. The van der Waals surface area contributed by atoms with Gasteiger partial charge < -0.3 is 4.90 Å². The van der Waals surface area contributed by atoms with Gasteiger partial charge in [0.1, 0.15) is 12.4 Å². The van der Waals surface area contributed by atoms with Crippen LogP contribution < -0.4 is 10.2 Å². The summed E-state index contributed by atoms with van der Waals surface area (Å²) in [6, 6.07) is 18.6. The molecule has 10 heteroatoms. The van der Waals surface area contributed by atoms with Crippen molar-refractivity contribution in [2.45, 2.75) is 23.7 Å². The quantitative estimate of drug-likeness (QED) is 0.358. The summed E-state index contributed by atoms with van der Waals surface area (Å²) in [4.78, 5) is 25.9. The summed E-state index contributed by atoms with van der Waals surface area (Å²) in [6.45, 7) is -0.603. The van der Waals surface area contributed by atoms with Gasteiger partial charge in [-0.1, -0.05) is 48.5 Å². The Balaban J connectivity index is 1.68. The molecule has 3 N–H and O–H groups in total. The molecule has 0 unspecified atom stereocenters. The van der Waals surface area contributed by atoms with Gasteiger partial charge in [-0.2, -0.15) is 0 Å². The molecule has 0 radical (unpaired) electrons. The fourth-order valence-corrected chi connectivity index (χ4v) is 5.31. The third-order valence-electron chi connectivity index (χ3n) is 6.02. The summed E-state index contributed by atoms with van der Waals surface area (Å²) in [6.07, 6.45) is 1.60. The van der Waals surface area contributed by atoms with E-state index in [2.05, 4.69) is 0 Å². The second-order valence-electron chi connectivity index (χ2n) is 8.23. The standard InChI is InChI=1S/C25H24FN3O5S/c26-19-11-13-20(14-12-19)35(33,34)28-25(31)29(16-24(30)27-32)15-23-21-7-3-1-5-17(21)9-10-18-6-2-4-8-22(18)23/h1-8,11-14,23,32H,9-10,15-16H2,(H,27,30)(H,28,31). The molecule has 8 nitrogen and oxygen atoms in total. The van der Waals surface area contributed by atoms with Gasteiger partial charge in [-0.05, 0) is 59.4 Å². The van der Waals surface area contributed by atoms with E-state index in [0.717, 1.165) is 64.3 Å². The molecular weight excluding hydrogens is 473 g/mol. The molecule has 0 saturated heterocycles. The number of carbonyl (C=O) groups is 2. The predicted molar refractivity (Wildman–Crippen MR) is 126 cm³/mol. The van der Waals surface area contributed by atoms with Crippen LogP contribution in [-0.2, 0) is 27.7 Å². The Morgan fingerprint density at radius 2 is 1.46 bits per heavy atom. The number of urea groups is 1. The molecule has 0 heterocycles. The lowest BCUT2D eigenvalue weighted by Gasteiger charge is -2.28. The van der Waals surface area contributed by atoms with Crippen LogP contribution in [0.3, 0.4) is 0 Å². The number of halogens is 1. The molecule has 0 aromatic heterocycles. The topological polar surface area (TPSA) is 116 Å². The molecule has 3 aromatic rings. The van der Waals surface area contributed by atoms with E-state index in [9.17, 15) is 22.4 Å². The van der Waals surface area contributed by atoms with Crippen LogP contribution in [0.5, 0.6) is 0 Å². The Kier molecular flexibility index (Phi) is 7.13. The number of nitrogens with zero attached hydrogens (tertiary/aromatic N) is 1. The van der Waals surface area contributed by atoms with Crippen LogP contribution in [0.2, 0.25) is 0 Å². The highest BCUT2D eigenvalue weighted by molar-refractivity contribution is 7.90. The van der Waals surface area contributed by atoms with E-state index < -0.39 is 34.3 Å². The van der Waals surface area contributed by atoms with E-state index in [4.69, 9.17) is 5.21 Å². The summed E-state index contributed by atoms with van der Waals surface area (Å²) in [5.74, 6) is -1.84. The van der Waals surface area contributed by atoms with E-state index in [1.54, 1.807) is 0 Å². The Bertz CT molecular complexity index is 1300. The minimum atomic E-state index is -4.33. The first-order valence-corrected chi connectivity index (χ1v) is 12.4. The highest BCUT2D eigenvalue weighted by Crippen LogP contribution is 2.35. The number of hydroxylamine groups is 1. The Morgan fingerprint density at radius 3 is 2.00 bits per heavy atom. The number of rotatable bonds is 6. The first-order valence-electron chi connectivity index (χ1n) is 10.9. The van der Waals surface area contributed by atoms with Gasteiger partial charge in [0, 0.05) is 12.5 Å². The summed E-state index contributed by atoms with van der Waals surface area (Å²) < 4.78 is 40.6. The van der Waals surface area contributed by atoms with Gasteiger partial charge in [0.05, 0.1) is 4.90 Å². The zero-order chi connectivity index (χ0) is 25.0. The van der Waals surface area contributed by atoms with Crippen molar-refractivity contribution < 1.29 is 27.6 Å². The number of nitrogens with one attached hydrogen (secondary N) is 2. The fraction of sp³-hybridized carbons (Fsp3) is 0.200. The van der Waals surface area contributed by atoms with E-state index >= 15 is 0 Å². The molecule has 35 heavy (non-hydrogen) atoms. The normalized spacial score (nSPS) is 13.2. The highest BCUT2D eigenvalue weighted by atomic mass is 32.2. The predicted octanol–water partition coefficient (Wildman–Crippen LogP) is 2.96. The lowest BCUT2D eigenvalue weighted by atomic mass is 9.87. The molecule has 0 aliphatic heterocycles. The third kappa shape index (κ3) is 5.50. The zero-order valence-corrected chi connectivity index (χ0v) is 19.5. The molecule has 0 saturated carbocycles. The van der Waals surface area contributed by atoms with Gasteiger partial charge in [-0.15, -0.1) is 0 Å². The minimum absolute atomic E-state index is 0.0216. The average Bonchev–Trinajstić information content (AvgIpc) is 3.00. The molecule has 1 aliphatic carbocycles. The van der Waals surface area contributed by atoms with Gasteiger partial charge in [-0.3, -0.25) is 10.0 Å². The van der Waals surface area contributed by atoms with Crippen molar-refractivity contribution in [2.75, 3.05) is 13.1 Å². The maximum atomic E-state index is 13.2. The van der Waals surface area contributed by atoms with Crippen molar-refractivity contribution in [1.29, 1.82) is 0 Å². The van der Waals surface area contributed by atoms with Gasteiger partial charge in [-0.25, -0.2) is 27.8 Å². The minimum Gasteiger partial charge on any atom is -0.314 e. The van der Waals surface area contributed by atoms with Crippen LogP contribution in [0.1, 0.15) is 28.2 Å². The average molecular weight is 498 g/mol. The van der Waals surface area contributed by atoms with Crippen LogP contribution in [-0.4, -0.2) is 43.6 Å². The van der Waals surface area contributed by atoms with Crippen LogP contribution in [0.25, 0.3) is 0 Å². The SMILES string of the molecule is O=C(CN(CC1c2ccccc2CCc2ccccc21)C(=O)NS(=O)(=O)c1ccc(F)cc1)NO. The van der Waals surface area contributed by atoms with Crippen molar-refractivity contribution in [3.63, 3.8) is 0 Å². The lowest BCUT2D eigenvalue weighted by Crippen LogP contribution is -2.48. The number of fused-ring (bicyclic) bond motifs is 2. The Morgan fingerprint density at radius 1 is 0.914 bits per heavy atom. The summed E-state index contributed by atoms with van der Waals surface area (Å²) in [5.41, 5.74) is 5.63. The molecule has 182 valence electrons. The van der Waals surface area contributed by atoms with E-state index in [1.165, 1.54) is 5.48 Å². The molecule has 0 fully saturated rings. The summed E-state index contributed by atoms with van der Waals surface area (Å²) in [7, 11) is -4.33. The summed E-state index contributed by atoms with van der Waals surface area (Å²) >= 11 is 0. The van der Waals surface area contributed by atoms with Crippen LogP contribution in [0, 0.1) is 5.82 Å². The largest absolute Gasteiger partial charge is 0.331 e. The number of hydrogen-bond acceptors (Lipinski definition) is 5. The molecule has 1 aliphatic rings. The smallest absolute Gasteiger partial charge is 0.314 e. The number of hydrogen-bond donors (Lipinski definition) is 3. The van der Waals surface area contributed by atoms with Crippen molar-refractivity contribution in [3.8, 4) is 0 Å². The molecule has 4 rings (SSSR count). The second kappa shape index (κ2) is 10.2. The third-order valence-corrected chi connectivity index (χ3v) is 7.36. The number of benzene rings is 3. The molecule has 0 spiro atoms. The number of sulfonamides is 1. The van der Waals surface area contributed by atoms with Gasteiger partial charge in [0.2, 0.25) is 0 Å². The molecule has 3 aromatic carbocycles. The number of aryl methyl sites for hydroxylation is 2. The number of amides is 3. The Labute approximate surface area is 202 Å². The highest BCUT2D eigenvalue weighted by Gasteiger charge is 2.30. The maximum absolute atomic E-state index is 13.2. The zero-order valence-electron chi connectivity index (χ0n) is 18.6. The molecule has 0 bridgehead atoms. The lowest BCUT2D eigenvalue weighted by molar-refractivity contribution is -0.129. The van der Waals surface area contributed by atoms with Gasteiger partial charge >= 0.3 is 6.03 Å². The number of carbonyl (C=O) groups excluding carboxylic acids is 2. The first-order chi connectivity index (χ1) is 16.8. The van der Waals surface area contributed by atoms with Gasteiger partial charge in [0.25, 0.3) is 15.9 Å². The van der Waals surface area contributed by atoms with Crippen LogP contribution >= 0.6 is 0 Å². The first kappa shape index (κ1) is 24.4. The fourth-order valence-electron chi connectivity index (χ4n) is 4.34. The second-order valence-corrected chi connectivity index (χ2v) is 9.91. The molecule has 0 atom stereocenters. The van der Waals surface area contributed by atoms with E-state index in [1.807, 2.05) is 53.3 Å². The van der Waals surface area contributed by atoms with Gasteiger partial charge in [0.15, 0.2) is 0 Å². The van der Waals surface area contributed by atoms with E-state index in [0.29, 0.717) is 0 Å².